The molecule has 0 atom stereocenters. The van der Waals surface area contributed by atoms with Gasteiger partial charge in [-0.25, -0.2) is 8.42 Å². The summed E-state index contributed by atoms with van der Waals surface area (Å²) in [5.74, 6) is 0. The van der Waals surface area contributed by atoms with E-state index < -0.39 is 14.9 Å². The maximum absolute atomic E-state index is 13.2. The standard InChI is InChI=1S/C21H22N2O4S/c1-4-15-7-6-8-16-10-12-20(18(5-2)21(15)16)28(26,27)22-19-13-17(23(24)25)11-9-14(19)3/h6-13,22H,4-5H2,1-3H3. The number of aryl methyl sites for hydroxylation is 3. The van der Waals surface area contributed by atoms with Crippen LogP contribution in [-0.2, 0) is 22.9 Å². The van der Waals surface area contributed by atoms with Gasteiger partial charge in [-0.1, -0.05) is 44.2 Å². The molecule has 0 amide bonds. The Kier molecular flexibility index (Phi) is 5.38. The average Bonchev–Trinajstić information content (AvgIpc) is 2.67. The fourth-order valence-corrected chi connectivity index (χ4v) is 4.88. The van der Waals surface area contributed by atoms with Crippen molar-refractivity contribution in [1.82, 2.24) is 0 Å². The van der Waals surface area contributed by atoms with E-state index >= 15 is 0 Å². The topological polar surface area (TPSA) is 89.3 Å². The summed E-state index contributed by atoms with van der Waals surface area (Å²) in [6.07, 6.45) is 1.35. The predicted molar refractivity (Wildman–Crippen MR) is 111 cm³/mol. The molecule has 7 heteroatoms. The molecule has 0 spiro atoms. The van der Waals surface area contributed by atoms with Crippen LogP contribution in [0.5, 0.6) is 0 Å². The number of rotatable bonds is 6. The normalized spacial score (nSPS) is 11.5. The third-order valence-electron chi connectivity index (χ3n) is 4.90. The first kappa shape index (κ1) is 19.8. The Morgan fingerprint density at radius 2 is 1.79 bits per heavy atom. The SMILES string of the molecule is CCc1cccc2ccc(S(=O)(=O)Nc3cc([N+](=O)[O-])ccc3C)c(CC)c12. The lowest BCUT2D eigenvalue weighted by molar-refractivity contribution is -0.384. The van der Waals surface area contributed by atoms with Crippen molar-refractivity contribution in [2.45, 2.75) is 38.5 Å². The highest BCUT2D eigenvalue weighted by Crippen LogP contribution is 2.32. The van der Waals surface area contributed by atoms with Crippen LogP contribution in [-0.4, -0.2) is 13.3 Å². The second-order valence-corrected chi connectivity index (χ2v) is 8.28. The first-order valence-electron chi connectivity index (χ1n) is 9.09. The summed E-state index contributed by atoms with van der Waals surface area (Å²) in [5.41, 5.74) is 2.51. The van der Waals surface area contributed by atoms with Crippen LogP contribution in [0.25, 0.3) is 10.8 Å². The maximum Gasteiger partial charge on any atom is 0.271 e. The van der Waals surface area contributed by atoms with Crippen molar-refractivity contribution in [2.24, 2.45) is 0 Å². The zero-order valence-corrected chi connectivity index (χ0v) is 16.8. The van der Waals surface area contributed by atoms with Crippen LogP contribution in [0.15, 0.2) is 53.4 Å². The predicted octanol–water partition coefficient (Wildman–Crippen LogP) is 4.98. The molecule has 0 aliphatic rings. The molecule has 0 bridgehead atoms. The zero-order chi connectivity index (χ0) is 20.5. The molecule has 0 radical (unpaired) electrons. The van der Waals surface area contributed by atoms with Crippen LogP contribution in [0.3, 0.4) is 0 Å². The lowest BCUT2D eigenvalue weighted by atomic mass is 9.96. The molecular weight excluding hydrogens is 376 g/mol. The molecule has 3 aromatic rings. The number of nitro benzene ring substituents is 1. The van der Waals surface area contributed by atoms with E-state index in [1.165, 1.54) is 18.2 Å². The van der Waals surface area contributed by atoms with E-state index in [4.69, 9.17) is 0 Å². The Labute approximate surface area is 164 Å². The Morgan fingerprint density at radius 1 is 1.04 bits per heavy atom. The molecule has 0 fully saturated rings. The van der Waals surface area contributed by atoms with Crippen LogP contribution in [0.1, 0.15) is 30.5 Å². The van der Waals surface area contributed by atoms with Crippen molar-refractivity contribution in [1.29, 1.82) is 0 Å². The quantitative estimate of drug-likeness (QED) is 0.468. The molecule has 3 rings (SSSR count). The minimum atomic E-state index is -3.91. The van der Waals surface area contributed by atoms with Crippen LogP contribution < -0.4 is 4.72 Å². The first-order valence-corrected chi connectivity index (χ1v) is 10.6. The summed E-state index contributed by atoms with van der Waals surface area (Å²) in [6, 6.07) is 13.5. The Hall–Kier alpha value is -2.93. The van der Waals surface area contributed by atoms with Gasteiger partial charge in [0.05, 0.1) is 15.5 Å². The molecule has 0 aromatic heterocycles. The molecular formula is C21H22N2O4S. The molecule has 28 heavy (non-hydrogen) atoms. The first-order chi connectivity index (χ1) is 13.3. The number of hydrogen-bond acceptors (Lipinski definition) is 4. The summed E-state index contributed by atoms with van der Waals surface area (Å²) >= 11 is 0. The van der Waals surface area contributed by atoms with Gasteiger partial charge >= 0.3 is 0 Å². The average molecular weight is 398 g/mol. The van der Waals surface area contributed by atoms with E-state index in [-0.39, 0.29) is 16.3 Å². The summed E-state index contributed by atoms with van der Waals surface area (Å²) in [5, 5.41) is 13.0. The Bertz CT molecular complexity index is 1170. The van der Waals surface area contributed by atoms with E-state index in [0.717, 1.165) is 28.3 Å². The van der Waals surface area contributed by atoms with Gasteiger partial charge in [-0.2, -0.15) is 0 Å². The molecule has 0 aliphatic carbocycles. The van der Waals surface area contributed by atoms with Gasteiger partial charge in [-0.05, 0) is 53.3 Å². The molecule has 3 aromatic carbocycles. The third kappa shape index (κ3) is 3.57. The van der Waals surface area contributed by atoms with E-state index in [9.17, 15) is 18.5 Å². The monoisotopic (exact) mass is 398 g/mol. The second kappa shape index (κ2) is 7.59. The van der Waals surface area contributed by atoms with Crippen molar-refractivity contribution >= 4 is 32.2 Å². The van der Waals surface area contributed by atoms with E-state index in [1.807, 2.05) is 38.1 Å². The number of nitrogens with zero attached hydrogens (tertiary/aromatic N) is 1. The number of anilines is 1. The number of benzene rings is 3. The lowest BCUT2D eigenvalue weighted by Gasteiger charge is -2.16. The maximum atomic E-state index is 13.2. The minimum Gasteiger partial charge on any atom is -0.279 e. The van der Waals surface area contributed by atoms with Gasteiger partial charge in [-0.15, -0.1) is 0 Å². The number of sulfonamides is 1. The number of hydrogen-bond donors (Lipinski definition) is 1. The highest BCUT2D eigenvalue weighted by atomic mass is 32.2. The molecule has 146 valence electrons. The van der Waals surface area contributed by atoms with Crippen molar-refractivity contribution in [3.05, 3.63) is 75.3 Å². The molecule has 1 N–H and O–H groups in total. The second-order valence-electron chi connectivity index (χ2n) is 6.63. The Balaban J connectivity index is 2.16. The number of nitrogens with one attached hydrogen (secondary N) is 1. The van der Waals surface area contributed by atoms with Gasteiger partial charge in [0.25, 0.3) is 15.7 Å². The molecule has 0 saturated heterocycles. The molecule has 6 nitrogen and oxygen atoms in total. The van der Waals surface area contributed by atoms with Crippen LogP contribution in [0.2, 0.25) is 0 Å². The highest BCUT2D eigenvalue weighted by Gasteiger charge is 2.22. The lowest BCUT2D eigenvalue weighted by Crippen LogP contribution is -2.16. The Morgan fingerprint density at radius 3 is 2.43 bits per heavy atom. The van der Waals surface area contributed by atoms with Gasteiger partial charge in [0.2, 0.25) is 0 Å². The van der Waals surface area contributed by atoms with Gasteiger partial charge < -0.3 is 0 Å². The molecule has 0 aliphatic heterocycles. The zero-order valence-electron chi connectivity index (χ0n) is 16.0. The number of nitro groups is 1. The van der Waals surface area contributed by atoms with Crippen LogP contribution in [0, 0.1) is 17.0 Å². The molecule has 0 heterocycles. The van der Waals surface area contributed by atoms with Gasteiger partial charge in [0.15, 0.2) is 0 Å². The minimum absolute atomic E-state index is 0.161. The van der Waals surface area contributed by atoms with Crippen molar-refractivity contribution in [3.8, 4) is 0 Å². The molecule has 0 saturated carbocycles. The highest BCUT2D eigenvalue weighted by molar-refractivity contribution is 7.92. The molecule has 0 unspecified atom stereocenters. The van der Waals surface area contributed by atoms with Gasteiger partial charge in [-0.3, -0.25) is 14.8 Å². The van der Waals surface area contributed by atoms with E-state index in [0.29, 0.717) is 12.0 Å². The van der Waals surface area contributed by atoms with Crippen molar-refractivity contribution in [2.75, 3.05) is 4.72 Å². The third-order valence-corrected chi connectivity index (χ3v) is 6.35. The summed E-state index contributed by atoms with van der Waals surface area (Å²) < 4.78 is 28.9. The fraction of sp³-hybridized carbons (Fsp3) is 0.238. The van der Waals surface area contributed by atoms with Gasteiger partial charge in [0, 0.05) is 12.1 Å². The van der Waals surface area contributed by atoms with Gasteiger partial charge in [0.1, 0.15) is 0 Å². The summed E-state index contributed by atoms with van der Waals surface area (Å²) in [7, 11) is -3.91. The van der Waals surface area contributed by atoms with E-state index in [2.05, 4.69) is 4.72 Å². The van der Waals surface area contributed by atoms with Crippen LogP contribution >= 0.6 is 0 Å². The number of non-ortho nitro benzene ring substituents is 1. The summed E-state index contributed by atoms with van der Waals surface area (Å²) in [6.45, 7) is 5.68. The van der Waals surface area contributed by atoms with Crippen molar-refractivity contribution < 1.29 is 13.3 Å². The summed E-state index contributed by atoms with van der Waals surface area (Å²) in [4.78, 5) is 10.7. The number of fused-ring (bicyclic) bond motifs is 1. The fourth-order valence-electron chi connectivity index (χ4n) is 3.45. The van der Waals surface area contributed by atoms with Crippen molar-refractivity contribution in [3.63, 3.8) is 0 Å². The van der Waals surface area contributed by atoms with E-state index in [1.54, 1.807) is 13.0 Å². The smallest absolute Gasteiger partial charge is 0.271 e. The van der Waals surface area contributed by atoms with Crippen LogP contribution in [0.4, 0.5) is 11.4 Å². The largest absolute Gasteiger partial charge is 0.279 e.